The molecule has 0 radical (unpaired) electrons. The molecule has 84 valence electrons. The Morgan fingerprint density at radius 2 is 1.71 bits per heavy atom. The summed E-state index contributed by atoms with van der Waals surface area (Å²) < 4.78 is 0. The van der Waals surface area contributed by atoms with E-state index < -0.39 is 6.04 Å². The summed E-state index contributed by atoms with van der Waals surface area (Å²) >= 11 is 0. The second-order valence-corrected chi connectivity index (χ2v) is 5.90. The molecule has 0 aliphatic heterocycles. The van der Waals surface area contributed by atoms with Gasteiger partial charge in [0.1, 0.15) is 0 Å². The fourth-order valence-electron chi connectivity index (χ4n) is 1.82. The Balaban J connectivity index is 4.28. The van der Waals surface area contributed by atoms with Gasteiger partial charge in [-0.3, -0.25) is 4.79 Å². The van der Waals surface area contributed by atoms with Crippen LogP contribution in [-0.4, -0.2) is 17.5 Å². The minimum absolute atomic E-state index is 0.0840. The lowest BCUT2D eigenvalue weighted by atomic mass is 9.81. The zero-order chi connectivity index (χ0) is 11.6. The zero-order valence-electron chi connectivity index (χ0n) is 10.3. The third kappa shape index (κ3) is 5.97. The van der Waals surface area contributed by atoms with Crippen LogP contribution in [-0.2, 0) is 4.79 Å². The molecule has 0 heterocycles. The van der Waals surface area contributed by atoms with E-state index >= 15 is 0 Å². The van der Waals surface area contributed by atoms with Crippen LogP contribution in [0.15, 0.2) is 0 Å². The summed E-state index contributed by atoms with van der Waals surface area (Å²) in [5, 5.41) is 2.95. The van der Waals surface area contributed by atoms with Crippen molar-refractivity contribution in [2.24, 2.45) is 11.1 Å². The van der Waals surface area contributed by atoms with Crippen LogP contribution in [0, 0.1) is 5.41 Å². The second kappa shape index (κ2) is 4.30. The number of carbonyl (C=O) groups excluding carboxylic acids is 1. The molecule has 0 saturated carbocycles. The van der Waals surface area contributed by atoms with Crippen molar-refractivity contribution in [1.82, 2.24) is 5.32 Å². The van der Waals surface area contributed by atoms with Gasteiger partial charge < -0.3 is 11.1 Å². The summed E-state index contributed by atoms with van der Waals surface area (Å²) in [5.74, 6) is -0.0840. The van der Waals surface area contributed by atoms with E-state index in [4.69, 9.17) is 5.73 Å². The van der Waals surface area contributed by atoms with Gasteiger partial charge >= 0.3 is 0 Å². The molecule has 0 aromatic heterocycles. The molecule has 0 spiro atoms. The molecule has 1 amide bonds. The van der Waals surface area contributed by atoms with E-state index in [2.05, 4.69) is 26.1 Å². The summed E-state index contributed by atoms with van der Waals surface area (Å²) in [6.45, 7) is 12.2. The largest absolute Gasteiger partial charge is 0.350 e. The van der Waals surface area contributed by atoms with E-state index in [-0.39, 0.29) is 16.9 Å². The third-order valence-corrected chi connectivity index (χ3v) is 1.85. The summed E-state index contributed by atoms with van der Waals surface area (Å²) in [4.78, 5) is 11.4. The maximum absolute atomic E-state index is 11.4. The smallest absolute Gasteiger partial charge is 0.237 e. The number of nitrogens with two attached hydrogens (primary N) is 1. The van der Waals surface area contributed by atoms with E-state index in [1.807, 2.05) is 13.8 Å². The van der Waals surface area contributed by atoms with Crippen LogP contribution in [0.2, 0.25) is 0 Å². The highest BCUT2D eigenvalue weighted by molar-refractivity contribution is 5.81. The number of carbonyl (C=O) groups is 1. The highest BCUT2D eigenvalue weighted by atomic mass is 16.2. The lowest BCUT2D eigenvalue weighted by Crippen LogP contribution is -2.50. The molecule has 0 aliphatic carbocycles. The molecule has 0 aromatic rings. The lowest BCUT2D eigenvalue weighted by Gasteiger charge is -2.33. The number of hydrogen-bond acceptors (Lipinski definition) is 2. The first-order valence-electron chi connectivity index (χ1n) is 5.11. The van der Waals surface area contributed by atoms with Crippen molar-refractivity contribution in [2.45, 2.75) is 59.5 Å². The van der Waals surface area contributed by atoms with Gasteiger partial charge in [0.25, 0.3) is 0 Å². The monoisotopic (exact) mass is 200 g/mol. The first kappa shape index (κ1) is 13.4. The van der Waals surface area contributed by atoms with E-state index in [9.17, 15) is 4.79 Å². The maximum atomic E-state index is 11.4. The first-order chi connectivity index (χ1) is 6.03. The predicted molar refractivity (Wildman–Crippen MR) is 59.9 cm³/mol. The Kier molecular flexibility index (Phi) is 4.13. The molecule has 0 aromatic carbocycles. The molecule has 0 fully saturated rings. The van der Waals surface area contributed by atoms with Gasteiger partial charge in [-0.25, -0.2) is 0 Å². The van der Waals surface area contributed by atoms with E-state index in [0.29, 0.717) is 0 Å². The minimum Gasteiger partial charge on any atom is -0.350 e. The second-order valence-electron chi connectivity index (χ2n) is 5.90. The fourth-order valence-corrected chi connectivity index (χ4v) is 1.82. The van der Waals surface area contributed by atoms with Crippen LogP contribution < -0.4 is 11.1 Å². The molecule has 0 aliphatic rings. The molecule has 3 nitrogen and oxygen atoms in total. The highest BCUT2D eigenvalue weighted by Crippen LogP contribution is 2.26. The number of amides is 1. The van der Waals surface area contributed by atoms with E-state index in [1.165, 1.54) is 0 Å². The third-order valence-electron chi connectivity index (χ3n) is 1.85. The van der Waals surface area contributed by atoms with Crippen molar-refractivity contribution in [3.63, 3.8) is 0 Å². The van der Waals surface area contributed by atoms with Crippen molar-refractivity contribution in [3.05, 3.63) is 0 Å². The summed E-state index contributed by atoms with van der Waals surface area (Å²) in [6.07, 6.45) is 0.929. The lowest BCUT2D eigenvalue weighted by molar-refractivity contribution is -0.123. The average Bonchev–Trinajstić information content (AvgIpc) is 1.78. The molecular formula is C11H24N2O. The van der Waals surface area contributed by atoms with E-state index in [1.54, 1.807) is 6.92 Å². The number of hydrogen-bond donors (Lipinski definition) is 2. The standard InChI is InChI=1S/C11H24N2O/c1-8(12)9(14)13-11(5,6)7-10(2,3)4/h8H,7,12H2,1-6H3,(H,13,14). The summed E-state index contributed by atoms with van der Waals surface area (Å²) in [7, 11) is 0. The van der Waals surface area contributed by atoms with E-state index in [0.717, 1.165) is 6.42 Å². The molecular weight excluding hydrogens is 176 g/mol. The van der Waals surface area contributed by atoms with Gasteiger partial charge in [-0.15, -0.1) is 0 Å². The van der Waals surface area contributed by atoms with Gasteiger partial charge in [-0.1, -0.05) is 20.8 Å². The van der Waals surface area contributed by atoms with Crippen LogP contribution in [0.4, 0.5) is 0 Å². The van der Waals surface area contributed by atoms with Crippen LogP contribution in [0.25, 0.3) is 0 Å². The normalized spacial score (nSPS) is 15.1. The molecule has 1 atom stereocenters. The van der Waals surface area contributed by atoms with Gasteiger partial charge in [0.05, 0.1) is 6.04 Å². The Hall–Kier alpha value is -0.570. The van der Waals surface area contributed by atoms with Crippen LogP contribution in [0.3, 0.4) is 0 Å². The molecule has 0 bridgehead atoms. The Morgan fingerprint density at radius 3 is 2.00 bits per heavy atom. The highest BCUT2D eigenvalue weighted by Gasteiger charge is 2.27. The molecule has 1 unspecified atom stereocenters. The first-order valence-corrected chi connectivity index (χ1v) is 5.11. The van der Waals surface area contributed by atoms with Crippen LogP contribution >= 0.6 is 0 Å². The van der Waals surface area contributed by atoms with Gasteiger partial charge in [-0.2, -0.15) is 0 Å². The molecule has 3 N–H and O–H groups in total. The Bertz CT molecular complexity index is 202. The van der Waals surface area contributed by atoms with Crippen molar-refractivity contribution < 1.29 is 4.79 Å². The molecule has 3 heteroatoms. The van der Waals surface area contributed by atoms with Crippen molar-refractivity contribution in [3.8, 4) is 0 Å². The van der Waals surface area contributed by atoms with Crippen molar-refractivity contribution in [1.29, 1.82) is 0 Å². The SMILES string of the molecule is CC(N)C(=O)NC(C)(C)CC(C)(C)C. The quantitative estimate of drug-likeness (QED) is 0.728. The number of rotatable bonds is 3. The minimum atomic E-state index is -0.436. The molecule has 14 heavy (non-hydrogen) atoms. The van der Waals surface area contributed by atoms with Gasteiger partial charge in [-0.05, 0) is 32.6 Å². The zero-order valence-corrected chi connectivity index (χ0v) is 10.3. The van der Waals surface area contributed by atoms with Gasteiger partial charge in [0.15, 0.2) is 0 Å². The predicted octanol–water partition coefficient (Wildman–Crippen LogP) is 1.66. The van der Waals surface area contributed by atoms with Crippen molar-refractivity contribution in [2.75, 3.05) is 0 Å². The summed E-state index contributed by atoms with van der Waals surface area (Å²) in [5.41, 5.74) is 5.51. The van der Waals surface area contributed by atoms with Gasteiger partial charge in [0, 0.05) is 5.54 Å². The van der Waals surface area contributed by atoms with Crippen molar-refractivity contribution >= 4 is 5.91 Å². The molecule has 0 rings (SSSR count). The maximum Gasteiger partial charge on any atom is 0.237 e. The molecule has 0 saturated heterocycles. The fraction of sp³-hybridized carbons (Fsp3) is 0.909. The average molecular weight is 200 g/mol. The van der Waals surface area contributed by atoms with Gasteiger partial charge in [0.2, 0.25) is 5.91 Å². The van der Waals surface area contributed by atoms with Crippen LogP contribution in [0.1, 0.15) is 48.0 Å². The summed E-state index contributed by atoms with van der Waals surface area (Å²) in [6, 6.07) is -0.436. The Morgan fingerprint density at radius 1 is 1.29 bits per heavy atom. The Labute approximate surface area is 87.4 Å². The topological polar surface area (TPSA) is 55.1 Å². The van der Waals surface area contributed by atoms with Crippen LogP contribution in [0.5, 0.6) is 0 Å². The number of nitrogens with one attached hydrogen (secondary N) is 1.